The Morgan fingerprint density at radius 3 is 2.42 bits per heavy atom. The maximum absolute atomic E-state index is 5.82. The van der Waals surface area contributed by atoms with Crippen molar-refractivity contribution < 1.29 is 9.47 Å². The molecular weight excluding hydrogens is 326 g/mol. The standard InChI is InChI=1S/C21H19N3O2/c1-2-4-17(5-3-1)15-26-19-8-6-18(7-9-19)25-13-12-24-16-23-20-10-11-22-14-21(20)24/h1-11,14,16H,12-13,15H2. The lowest BCUT2D eigenvalue weighted by atomic mass is 10.2. The molecule has 2 heterocycles. The molecular formula is C21H19N3O2. The quantitative estimate of drug-likeness (QED) is 0.506. The first-order chi connectivity index (χ1) is 12.9. The van der Waals surface area contributed by atoms with E-state index in [1.807, 2.05) is 77.8 Å². The number of imidazole rings is 1. The summed E-state index contributed by atoms with van der Waals surface area (Å²) in [6, 6.07) is 19.7. The van der Waals surface area contributed by atoms with E-state index in [1.54, 1.807) is 6.20 Å². The first-order valence-corrected chi connectivity index (χ1v) is 8.53. The van der Waals surface area contributed by atoms with Crippen LogP contribution < -0.4 is 9.47 Å². The Hall–Kier alpha value is -3.34. The topological polar surface area (TPSA) is 49.2 Å². The van der Waals surface area contributed by atoms with Gasteiger partial charge in [-0.2, -0.15) is 0 Å². The summed E-state index contributed by atoms with van der Waals surface area (Å²) in [6.45, 7) is 1.84. The van der Waals surface area contributed by atoms with E-state index in [2.05, 4.69) is 9.97 Å². The third kappa shape index (κ3) is 3.83. The van der Waals surface area contributed by atoms with Crippen LogP contribution in [-0.4, -0.2) is 21.1 Å². The fourth-order valence-electron chi connectivity index (χ4n) is 2.72. The van der Waals surface area contributed by atoms with Crippen LogP contribution in [0.15, 0.2) is 79.4 Å². The molecule has 0 radical (unpaired) electrons. The lowest BCUT2D eigenvalue weighted by molar-refractivity contribution is 0.294. The first-order valence-electron chi connectivity index (χ1n) is 8.53. The minimum absolute atomic E-state index is 0.558. The number of nitrogens with zero attached hydrogens (tertiary/aromatic N) is 3. The predicted octanol–water partition coefficient (Wildman–Crippen LogP) is 4.09. The molecule has 0 atom stereocenters. The lowest BCUT2D eigenvalue weighted by Crippen LogP contribution is -2.07. The molecule has 0 saturated heterocycles. The average Bonchev–Trinajstić information content (AvgIpc) is 3.11. The molecule has 0 N–H and O–H groups in total. The van der Waals surface area contributed by atoms with Crippen LogP contribution in [0.5, 0.6) is 11.5 Å². The molecule has 0 aliphatic carbocycles. The third-order valence-electron chi connectivity index (χ3n) is 4.10. The summed E-state index contributed by atoms with van der Waals surface area (Å²) in [5.74, 6) is 1.65. The second-order valence-electron chi connectivity index (χ2n) is 5.90. The molecule has 5 nitrogen and oxygen atoms in total. The molecule has 130 valence electrons. The number of hydrogen-bond acceptors (Lipinski definition) is 4. The van der Waals surface area contributed by atoms with Gasteiger partial charge in [0.2, 0.25) is 0 Å². The van der Waals surface area contributed by atoms with E-state index in [0.717, 1.165) is 28.1 Å². The number of rotatable bonds is 7. The number of ether oxygens (including phenoxy) is 2. The zero-order chi connectivity index (χ0) is 17.6. The van der Waals surface area contributed by atoms with Gasteiger partial charge in [-0.15, -0.1) is 0 Å². The molecule has 0 amide bonds. The number of aromatic nitrogens is 3. The highest BCUT2D eigenvalue weighted by atomic mass is 16.5. The van der Waals surface area contributed by atoms with Crippen LogP contribution in [0.25, 0.3) is 11.0 Å². The van der Waals surface area contributed by atoms with Gasteiger partial charge in [0, 0.05) is 6.20 Å². The van der Waals surface area contributed by atoms with E-state index in [9.17, 15) is 0 Å². The molecule has 0 fully saturated rings. The Labute approximate surface area is 151 Å². The maximum Gasteiger partial charge on any atom is 0.120 e. The van der Waals surface area contributed by atoms with E-state index in [-0.39, 0.29) is 0 Å². The van der Waals surface area contributed by atoms with Crippen LogP contribution in [0.1, 0.15) is 5.56 Å². The Balaban J connectivity index is 1.29. The van der Waals surface area contributed by atoms with Crippen LogP contribution >= 0.6 is 0 Å². The Morgan fingerprint density at radius 1 is 0.846 bits per heavy atom. The zero-order valence-electron chi connectivity index (χ0n) is 14.3. The largest absolute Gasteiger partial charge is 0.492 e. The Bertz CT molecular complexity index is 965. The summed E-state index contributed by atoms with van der Waals surface area (Å²) in [6.07, 6.45) is 5.38. The highest BCUT2D eigenvalue weighted by molar-refractivity contribution is 5.73. The smallest absolute Gasteiger partial charge is 0.120 e. The van der Waals surface area contributed by atoms with E-state index in [0.29, 0.717) is 19.8 Å². The Morgan fingerprint density at radius 2 is 1.62 bits per heavy atom. The van der Waals surface area contributed by atoms with Crippen molar-refractivity contribution in [1.29, 1.82) is 0 Å². The van der Waals surface area contributed by atoms with Gasteiger partial charge in [-0.25, -0.2) is 4.98 Å². The molecule has 4 rings (SSSR count). The number of pyridine rings is 1. The van der Waals surface area contributed by atoms with Gasteiger partial charge in [-0.3, -0.25) is 4.98 Å². The van der Waals surface area contributed by atoms with Crippen molar-refractivity contribution in [2.24, 2.45) is 0 Å². The summed E-state index contributed by atoms with van der Waals surface area (Å²) >= 11 is 0. The van der Waals surface area contributed by atoms with Crippen LogP contribution in [0.2, 0.25) is 0 Å². The van der Waals surface area contributed by atoms with Gasteiger partial charge in [0.05, 0.1) is 30.1 Å². The molecule has 5 heteroatoms. The number of benzene rings is 2. The fraction of sp³-hybridized carbons (Fsp3) is 0.143. The lowest BCUT2D eigenvalue weighted by Gasteiger charge is -2.09. The molecule has 0 aliphatic rings. The molecule has 0 aliphatic heterocycles. The third-order valence-corrected chi connectivity index (χ3v) is 4.10. The summed E-state index contributed by atoms with van der Waals surface area (Å²) in [5.41, 5.74) is 3.11. The first kappa shape index (κ1) is 16.1. The molecule has 26 heavy (non-hydrogen) atoms. The van der Waals surface area contributed by atoms with Crippen LogP contribution in [0, 0.1) is 0 Å². The van der Waals surface area contributed by atoms with E-state index >= 15 is 0 Å². The predicted molar refractivity (Wildman–Crippen MR) is 100 cm³/mol. The van der Waals surface area contributed by atoms with Gasteiger partial charge in [0.15, 0.2) is 0 Å². The van der Waals surface area contributed by atoms with Gasteiger partial charge in [-0.1, -0.05) is 30.3 Å². The molecule has 0 saturated carbocycles. The fourth-order valence-corrected chi connectivity index (χ4v) is 2.72. The molecule has 0 unspecified atom stereocenters. The van der Waals surface area contributed by atoms with Crippen molar-refractivity contribution in [2.75, 3.05) is 6.61 Å². The highest BCUT2D eigenvalue weighted by Crippen LogP contribution is 2.19. The van der Waals surface area contributed by atoms with Gasteiger partial charge in [-0.05, 0) is 35.9 Å². The summed E-state index contributed by atoms with van der Waals surface area (Å²) in [7, 11) is 0. The Kier molecular flexibility index (Phi) is 4.78. The van der Waals surface area contributed by atoms with E-state index in [1.165, 1.54) is 0 Å². The van der Waals surface area contributed by atoms with Gasteiger partial charge in [0.25, 0.3) is 0 Å². The van der Waals surface area contributed by atoms with Gasteiger partial charge in [0.1, 0.15) is 24.7 Å². The molecule has 0 spiro atoms. The van der Waals surface area contributed by atoms with Crippen LogP contribution in [0.3, 0.4) is 0 Å². The summed E-state index contributed by atoms with van der Waals surface area (Å²) in [5, 5.41) is 0. The van der Waals surface area contributed by atoms with Crippen molar-refractivity contribution in [1.82, 2.24) is 14.5 Å². The summed E-state index contributed by atoms with van der Waals surface area (Å²) < 4.78 is 13.6. The van der Waals surface area contributed by atoms with E-state index in [4.69, 9.17) is 9.47 Å². The van der Waals surface area contributed by atoms with Crippen molar-refractivity contribution in [3.63, 3.8) is 0 Å². The van der Waals surface area contributed by atoms with Crippen molar-refractivity contribution >= 4 is 11.0 Å². The molecule has 0 bridgehead atoms. The van der Waals surface area contributed by atoms with Crippen molar-refractivity contribution in [3.8, 4) is 11.5 Å². The zero-order valence-corrected chi connectivity index (χ0v) is 14.3. The average molecular weight is 345 g/mol. The van der Waals surface area contributed by atoms with Gasteiger partial charge < -0.3 is 14.0 Å². The van der Waals surface area contributed by atoms with Crippen LogP contribution in [-0.2, 0) is 13.2 Å². The minimum atomic E-state index is 0.558. The molecule has 2 aromatic carbocycles. The maximum atomic E-state index is 5.82. The van der Waals surface area contributed by atoms with Gasteiger partial charge >= 0.3 is 0 Å². The normalized spacial score (nSPS) is 10.8. The number of fused-ring (bicyclic) bond motifs is 1. The van der Waals surface area contributed by atoms with Crippen molar-refractivity contribution in [2.45, 2.75) is 13.2 Å². The minimum Gasteiger partial charge on any atom is -0.492 e. The SMILES string of the molecule is c1ccc(COc2ccc(OCCn3cnc4ccncc43)cc2)cc1. The van der Waals surface area contributed by atoms with Crippen molar-refractivity contribution in [3.05, 3.63) is 84.9 Å². The summed E-state index contributed by atoms with van der Waals surface area (Å²) in [4.78, 5) is 8.50. The second kappa shape index (κ2) is 7.70. The monoisotopic (exact) mass is 345 g/mol. The van der Waals surface area contributed by atoms with E-state index < -0.39 is 0 Å². The van der Waals surface area contributed by atoms with Crippen LogP contribution in [0.4, 0.5) is 0 Å². The highest BCUT2D eigenvalue weighted by Gasteiger charge is 2.02. The molecule has 4 aromatic rings. The number of hydrogen-bond donors (Lipinski definition) is 0. The second-order valence-corrected chi connectivity index (χ2v) is 5.90. The molecule has 2 aromatic heterocycles.